The molecule has 0 heterocycles. The highest BCUT2D eigenvalue weighted by Crippen LogP contribution is 2.17. The number of benzene rings is 1. The smallest absolute Gasteiger partial charge is 0.342 e. The van der Waals surface area contributed by atoms with E-state index < -0.39 is 20.0 Å². The van der Waals surface area contributed by atoms with Crippen LogP contribution < -0.4 is 5.32 Å². The van der Waals surface area contributed by atoms with Crippen LogP contribution in [0.25, 0.3) is 0 Å². The first-order valence-corrected chi connectivity index (χ1v) is 17.4. The van der Waals surface area contributed by atoms with Crippen LogP contribution in [0.1, 0.15) is 94.3 Å². The van der Waals surface area contributed by atoms with Crippen LogP contribution in [0.4, 0.5) is 5.69 Å². The zero-order valence-corrected chi connectivity index (χ0v) is 23.7. The average molecular weight is 504 g/mol. The molecule has 0 aliphatic heterocycles. The van der Waals surface area contributed by atoms with Gasteiger partial charge >= 0.3 is 11.9 Å². The maximum atomic E-state index is 12.0. The van der Waals surface area contributed by atoms with Gasteiger partial charge in [0.1, 0.15) is 6.26 Å². The molecular weight excluding hydrogens is 454 g/mol. The topological polar surface area (TPSA) is 64.6 Å². The van der Waals surface area contributed by atoms with E-state index in [0.29, 0.717) is 5.56 Å². The van der Waals surface area contributed by atoms with Gasteiger partial charge < -0.3 is 14.8 Å². The fourth-order valence-corrected chi connectivity index (χ4v) is 5.23. The predicted octanol–water partition coefficient (Wildman–Crippen LogP) is 8.35. The second kappa shape index (κ2) is 19.1. The Kier molecular flexibility index (Phi) is 16.9. The molecule has 0 radical (unpaired) electrons. The predicted molar refractivity (Wildman–Crippen MR) is 150 cm³/mol. The SMILES string of the molecule is CCOC(=O)C=COC(=O)c1ccc(NCCCCCCCCCCCCCC[Si](C)(C)C)cc1. The Hall–Kier alpha value is -2.08. The Labute approximate surface area is 215 Å². The lowest BCUT2D eigenvalue weighted by atomic mass is 10.1. The number of esters is 2. The minimum atomic E-state index is -0.824. The number of anilines is 1. The Morgan fingerprint density at radius 1 is 0.800 bits per heavy atom. The molecule has 1 rings (SSSR count). The number of carbonyl (C=O) groups is 2. The van der Waals surface area contributed by atoms with Gasteiger partial charge in [0, 0.05) is 20.3 Å². The second-order valence-electron chi connectivity index (χ2n) is 10.5. The van der Waals surface area contributed by atoms with Crippen molar-refractivity contribution in [3.8, 4) is 0 Å². The third kappa shape index (κ3) is 17.9. The number of carbonyl (C=O) groups excluding carboxylic acids is 2. The van der Waals surface area contributed by atoms with Crippen molar-refractivity contribution in [1.29, 1.82) is 0 Å². The Morgan fingerprint density at radius 2 is 1.31 bits per heavy atom. The molecule has 0 saturated carbocycles. The molecule has 0 fully saturated rings. The molecular formula is C29H49NO4Si. The number of ether oxygens (including phenoxy) is 2. The van der Waals surface area contributed by atoms with Gasteiger partial charge in [-0.3, -0.25) is 0 Å². The standard InChI is InChI=1S/C29H49NO4Si/c1-5-33-28(31)22-24-34-29(32)26-18-20-27(21-19-26)30-23-16-14-12-10-8-6-7-9-11-13-15-17-25-35(2,3)4/h18-22,24,30H,5-17,23,25H2,1-4H3. The molecule has 35 heavy (non-hydrogen) atoms. The summed E-state index contributed by atoms with van der Waals surface area (Å²) >= 11 is 0. The summed E-state index contributed by atoms with van der Waals surface area (Å²) in [5.41, 5.74) is 1.43. The molecule has 0 bridgehead atoms. The third-order valence-corrected chi connectivity index (χ3v) is 7.82. The van der Waals surface area contributed by atoms with Crippen molar-refractivity contribution in [2.45, 2.75) is 110 Å². The zero-order valence-electron chi connectivity index (χ0n) is 22.7. The van der Waals surface area contributed by atoms with E-state index in [4.69, 9.17) is 9.47 Å². The summed E-state index contributed by atoms with van der Waals surface area (Å²) in [6, 6.07) is 8.67. The Balaban J connectivity index is 1.98. The number of nitrogens with one attached hydrogen (secondary N) is 1. The van der Waals surface area contributed by atoms with E-state index in [0.717, 1.165) is 31.0 Å². The highest BCUT2D eigenvalue weighted by Gasteiger charge is 2.11. The minimum Gasteiger partial charge on any atom is -0.463 e. The van der Waals surface area contributed by atoms with Crippen LogP contribution in [0.5, 0.6) is 0 Å². The molecule has 1 N–H and O–H groups in total. The first-order chi connectivity index (χ1) is 16.8. The molecule has 0 saturated heterocycles. The van der Waals surface area contributed by atoms with E-state index >= 15 is 0 Å². The maximum Gasteiger partial charge on any atom is 0.342 e. The van der Waals surface area contributed by atoms with Crippen molar-refractivity contribution in [3.63, 3.8) is 0 Å². The molecule has 0 atom stereocenters. The summed E-state index contributed by atoms with van der Waals surface area (Å²) in [5, 5.41) is 3.41. The van der Waals surface area contributed by atoms with Gasteiger partial charge in [-0.05, 0) is 37.6 Å². The molecule has 0 aliphatic carbocycles. The monoisotopic (exact) mass is 503 g/mol. The first-order valence-electron chi connectivity index (χ1n) is 13.7. The molecule has 198 valence electrons. The van der Waals surface area contributed by atoms with Gasteiger partial charge in [0.2, 0.25) is 0 Å². The largest absolute Gasteiger partial charge is 0.463 e. The summed E-state index contributed by atoms with van der Waals surface area (Å²) < 4.78 is 9.67. The fraction of sp³-hybridized carbons (Fsp3) is 0.655. The summed E-state index contributed by atoms with van der Waals surface area (Å²) in [6.07, 6.45) is 18.5. The molecule has 1 aromatic carbocycles. The summed E-state index contributed by atoms with van der Waals surface area (Å²) in [5.74, 6) is -1.04. The van der Waals surface area contributed by atoms with Gasteiger partial charge in [0.05, 0.1) is 18.2 Å². The van der Waals surface area contributed by atoms with Gasteiger partial charge in [-0.1, -0.05) is 96.3 Å². The van der Waals surface area contributed by atoms with Crippen molar-refractivity contribution in [3.05, 3.63) is 42.2 Å². The highest BCUT2D eigenvalue weighted by atomic mass is 28.3. The molecule has 6 heteroatoms. The lowest BCUT2D eigenvalue weighted by Gasteiger charge is -2.14. The average Bonchev–Trinajstić information content (AvgIpc) is 2.81. The van der Waals surface area contributed by atoms with Crippen LogP contribution in [0.3, 0.4) is 0 Å². The number of hydrogen-bond donors (Lipinski definition) is 1. The quantitative estimate of drug-likeness (QED) is 0.0636. The van der Waals surface area contributed by atoms with Gasteiger partial charge in [0.15, 0.2) is 0 Å². The van der Waals surface area contributed by atoms with Crippen molar-refractivity contribution in [2.24, 2.45) is 0 Å². The highest BCUT2D eigenvalue weighted by molar-refractivity contribution is 6.76. The second-order valence-corrected chi connectivity index (χ2v) is 16.1. The van der Waals surface area contributed by atoms with E-state index in [9.17, 15) is 9.59 Å². The van der Waals surface area contributed by atoms with E-state index in [2.05, 4.69) is 25.0 Å². The molecule has 0 unspecified atom stereocenters. The molecule has 0 amide bonds. The zero-order chi connectivity index (χ0) is 25.8. The molecule has 0 aliphatic rings. The van der Waals surface area contributed by atoms with Crippen LogP contribution in [-0.4, -0.2) is 33.2 Å². The number of hydrogen-bond acceptors (Lipinski definition) is 5. The van der Waals surface area contributed by atoms with Crippen molar-refractivity contribution >= 4 is 25.7 Å². The summed E-state index contributed by atoms with van der Waals surface area (Å²) in [4.78, 5) is 23.2. The summed E-state index contributed by atoms with van der Waals surface area (Å²) in [6.45, 7) is 10.4. The molecule has 0 aromatic heterocycles. The normalized spacial score (nSPS) is 11.5. The molecule has 0 spiro atoms. The summed E-state index contributed by atoms with van der Waals surface area (Å²) in [7, 11) is -0.824. The van der Waals surface area contributed by atoms with Gasteiger partial charge in [-0.15, -0.1) is 0 Å². The minimum absolute atomic E-state index is 0.283. The molecule has 1 aromatic rings. The van der Waals surface area contributed by atoms with Crippen LogP contribution >= 0.6 is 0 Å². The lowest BCUT2D eigenvalue weighted by molar-refractivity contribution is -0.137. The van der Waals surface area contributed by atoms with Crippen LogP contribution in [-0.2, 0) is 14.3 Å². The number of rotatable bonds is 20. The van der Waals surface area contributed by atoms with Crippen LogP contribution in [0, 0.1) is 0 Å². The van der Waals surface area contributed by atoms with Crippen LogP contribution in [0.15, 0.2) is 36.6 Å². The number of unbranched alkanes of at least 4 members (excludes halogenated alkanes) is 11. The van der Waals surface area contributed by atoms with E-state index in [1.54, 1.807) is 19.1 Å². The Morgan fingerprint density at radius 3 is 1.83 bits per heavy atom. The lowest BCUT2D eigenvalue weighted by Crippen LogP contribution is -2.18. The van der Waals surface area contributed by atoms with Crippen molar-refractivity contribution in [2.75, 3.05) is 18.5 Å². The molecule has 5 nitrogen and oxygen atoms in total. The third-order valence-electron chi connectivity index (χ3n) is 5.97. The van der Waals surface area contributed by atoms with E-state index in [1.165, 1.54) is 76.7 Å². The first kappa shape index (κ1) is 30.9. The Bertz CT molecular complexity index is 725. The van der Waals surface area contributed by atoms with E-state index in [1.807, 2.05) is 12.1 Å². The fourth-order valence-electron chi connectivity index (χ4n) is 3.91. The van der Waals surface area contributed by atoms with Gasteiger partial charge in [0.25, 0.3) is 0 Å². The van der Waals surface area contributed by atoms with Crippen LogP contribution in [0.2, 0.25) is 25.7 Å². The van der Waals surface area contributed by atoms with Crippen molar-refractivity contribution < 1.29 is 19.1 Å². The van der Waals surface area contributed by atoms with E-state index in [-0.39, 0.29) is 6.61 Å². The van der Waals surface area contributed by atoms with Gasteiger partial charge in [-0.25, -0.2) is 9.59 Å². The van der Waals surface area contributed by atoms with Gasteiger partial charge in [-0.2, -0.15) is 0 Å². The van der Waals surface area contributed by atoms with Crippen molar-refractivity contribution in [1.82, 2.24) is 0 Å². The maximum absolute atomic E-state index is 12.0.